The van der Waals surface area contributed by atoms with E-state index in [0.717, 1.165) is 17.1 Å². The maximum Gasteiger partial charge on any atom is 0.335 e. The van der Waals surface area contributed by atoms with Crippen LogP contribution in [0.4, 0.5) is 11.5 Å². The zero-order chi connectivity index (χ0) is 16.9. The zero-order valence-corrected chi connectivity index (χ0v) is 13.2. The number of rotatable bonds is 5. The molecule has 0 saturated carbocycles. The van der Waals surface area contributed by atoms with Crippen molar-refractivity contribution in [1.29, 1.82) is 0 Å². The van der Waals surface area contributed by atoms with E-state index in [-0.39, 0.29) is 5.56 Å². The van der Waals surface area contributed by atoms with Gasteiger partial charge in [-0.15, -0.1) is 0 Å². The van der Waals surface area contributed by atoms with Gasteiger partial charge in [0.25, 0.3) is 0 Å². The van der Waals surface area contributed by atoms with E-state index >= 15 is 0 Å². The van der Waals surface area contributed by atoms with Gasteiger partial charge in [-0.3, -0.25) is 0 Å². The van der Waals surface area contributed by atoms with Crippen molar-refractivity contribution in [3.05, 3.63) is 72.1 Å². The van der Waals surface area contributed by atoms with E-state index in [0.29, 0.717) is 17.9 Å². The normalized spacial score (nSPS) is 10.4. The Morgan fingerprint density at radius 3 is 2.54 bits per heavy atom. The van der Waals surface area contributed by atoms with Gasteiger partial charge in [-0.05, 0) is 18.2 Å². The van der Waals surface area contributed by atoms with E-state index in [1.54, 1.807) is 18.2 Å². The molecule has 0 aliphatic heterocycles. The Balaban J connectivity index is 1.96. The maximum atomic E-state index is 11.1. The molecule has 0 radical (unpaired) electrons. The number of nitrogens with one attached hydrogen (secondary N) is 1. The van der Waals surface area contributed by atoms with Gasteiger partial charge in [0.2, 0.25) is 0 Å². The van der Waals surface area contributed by atoms with E-state index in [1.165, 1.54) is 0 Å². The number of hydrogen-bond donors (Lipinski definition) is 2. The second-order valence-corrected chi connectivity index (χ2v) is 5.29. The third-order valence-corrected chi connectivity index (χ3v) is 3.54. The van der Waals surface area contributed by atoms with Crippen molar-refractivity contribution in [1.82, 2.24) is 9.97 Å². The molecule has 3 aromatic rings. The fourth-order valence-corrected chi connectivity index (χ4v) is 2.35. The van der Waals surface area contributed by atoms with Crippen molar-refractivity contribution < 1.29 is 9.90 Å². The van der Waals surface area contributed by atoms with E-state index < -0.39 is 5.97 Å². The second kappa shape index (κ2) is 6.91. The Bertz CT molecular complexity index is 863. The summed E-state index contributed by atoms with van der Waals surface area (Å²) in [6.07, 6.45) is 0.713. The minimum Gasteiger partial charge on any atom is -0.478 e. The van der Waals surface area contributed by atoms with Crippen LogP contribution in [0.5, 0.6) is 0 Å². The summed E-state index contributed by atoms with van der Waals surface area (Å²) < 4.78 is 0. The Morgan fingerprint density at radius 1 is 1.04 bits per heavy atom. The molecule has 0 spiro atoms. The molecule has 5 nitrogen and oxygen atoms in total. The number of anilines is 2. The Morgan fingerprint density at radius 2 is 1.83 bits per heavy atom. The SMILES string of the molecule is CCc1nc(Nc2cccc(C(=O)O)c2)cc(-c2ccccc2)n1. The van der Waals surface area contributed by atoms with Gasteiger partial charge in [0.15, 0.2) is 0 Å². The highest BCUT2D eigenvalue weighted by atomic mass is 16.4. The van der Waals surface area contributed by atoms with Crippen LogP contribution in [0.3, 0.4) is 0 Å². The van der Waals surface area contributed by atoms with Gasteiger partial charge >= 0.3 is 5.97 Å². The number of nitrogens with zero attached hydrogens (tertiary/aromatic N) is 2. The van der Waals surface area contributed by atoms with Gasteiger partial charge in [-0.25, -0.2) is 14.8 Å². The lowest BCUT2D eigenvalue weighted by Gasteiger charge is -2.10. The number of hydrogen-bond acceptors (Lipinski definition) is 4. The lowest BCUT2D eigenvalue weighted by Crippen LogP contribution is -2.02. The van der Waals surface area contributed by atoms with Gasteiger partial charge in [-0.2, -0.15) is 0 Å². The first kappa shape index (κ1) is 15.7. The summed E-state index contributed by atoms with van der Waals surface area (Å²) in [4.78, 5) is 20.1. The van der Waals surface area contributed by atoms with E-state index in [4.69, 9.17) is 5.11 Å². The summed E-state index contributed by atoms with van der Waals surface area (Å²) in [5, 5.41) is 12.3. The number of benzene rings is 2. The van der Waals surface area contributed by atoms with Crippen LogP contribution < -0.4 is 5.32 Å². The fourth-order valence-electron chi connectivity index (χ4n) is 2.35. The van der Waals surface area contributed by atoms with Gasteiger partial charge < -0.3 is 10.4 Å². The molecule has 1 heterocycles. The van der Waals surface area contributed by atoms with Gasteiger partial charge in [-0.1, -0.05) is 43.3 Å². The average molecular weight is 319 g/mol. The van der Waals surface area contributed by atoms with Crippen molar-refractivity contribution in [2.24, 2.45) is 0 Å². The third kappa shape index (κ3) is 3.57. The molecule has 0 bridgehead atoms. The Hall–Kier alpha value is -3.21. The summed E-state index contributed by atoms with van der Waals surface area (Å²) >= 11 is 0. The molecule has 0 saturated heterocycles. The Labute approximate surface area is 140 Å². The molecule has 5 heteroatoms. The van der Waals surface area contributed by atoms with Crippen LogP contribution in [0, 0.1) is 0 Å². The smallest absolute Gasteiger partial charge is 0.335 e. The van der Waals surface area contributed by atoms with Crippen LogP contribution in [0.1, 0.15) is 23.1 Å². The molecule has 120 valence electrons. The highest BCUT2D eigenvalue weighted by molar-refractivity contribution is 5.89. The Kier molecular flexibility index (Phi) is 4.52. The molecule has 2 N–H and O–H groups in total. The van der Waals surface area contributed by atoms with Crippen molar-refractivity contribution in [2.45, 2.75) is 13.3 Å². The van der Waals surface area contributed by atoms with Gasteiger partial charge in [0, 0.05) is 23.7 Å². The lowest BCUT2D eigenvalue weighted by atomic mass is 10.1. The summed E-state index contributed by atoms with van der Waals surface area (Å²) in [6.45, 7) is 2.00. The topological polar surface area (TPSA) is 75.1 Å². The molecule has 0 unspecified atom stereocenters. The largest absolute Gasteiger partial charge is 0.478 e. The first-order valence-corrected chi connectivity index (χ1v) is 7.69. The van der Waals surface area contributed by atoms with Gasteiger partial charge in [0.05, 0.1) is 11.3 Å². The molecule has 0 fully saturated rings. The minimum atomic E-state index is -0.958. The first-order chi connectivity index (χ1) is 11.7. The van der Waals surface area contributed by atoms with Crippen LogP contribution in [0.25, 0.3) is 11.3 Å². The second-order valence-electron chi connectivity index (χ2n) is 5.29. The molecule has 0 atom stereocenters. The number of aromatic nitrogens is 2. The highest BCUT2D eigenvalue weighted by Gasteiger charge is 2.08. The average Bonchev–Trinajstić information content (AvgIpc) is 2.62. The predicted octanol–water partition coefficient (Wildman–Crippen LogP) is 4.15. The summed E-state index contributed by atoms with van der Waals surface area (Å²) in [5.41, 5.74) is 2.75. The number of aryl methyl sites for hydroxylation is 1. The standard InChI is InChI=1S/C19H17N3O2/c1-2-17-21-16(13-7-4-3-5-8-13)12-18(22-17)20-15-10-6-9-14(11-15)19(23)24/h3-12H,2H2,1H3,(H,23,24)(H,20,21,22). The molecular formula is C19H17N3O2. The number of carboxylic acid groups (broad SMARTS) is 1. The fraction of sp³-hybridized carbons (Fsp3) is 0.105. The van der Waals surface area contributed by atoms with Crippen LogP contribution in [-0.4, -0.2) is 21.0 Å². The lowest BCUT2D eigenvalue weighted by molar-refractivity contribution is 0.0697. The van der Waals surface area contributed by atoms with Crippen LogP contribution in [0.2, 0.25) is 0 Å². The highest BCUT2D eigenvalue weighted by Crippen LogP contribution is 2.22. The summed E-state index contributed by atoms with van der Waals surface area (Å²) in [6, 6.07) is 18.4. The molecule has 0 aliphatic rings. The third-order valence-electron chi connectivity index (χ3n) is 3.54. The van der Waals surface area contributed by atoms with Crippen molar-refractivity contribution in [3.63, 3.8) is 0 Å². The molecule has 0 amide bonds. The van der Waals surface area contributed by atoms with Crippen LogP contribution >= 0.6 is 0 Å². The molecular weight excluding hydrogens is 302 g/mol. The van der Waals surface area contributed by atoms with Crippen LogP contribution in [-0.2, 0) is 6.42 Å². The quantitative estimate of drug-likeness (QED) is 0.739. The van der Waals surface area contributed by atoms with Crippen molar-refractivity contribution in [2.75, 3.05) is 5.32 Å². The molecule has 3 rings (SSSR count). The van der Waals surface area contributed by atoms with Gasteiger partial charge in [0.1, 0.15) is 11.6 Å². The number of aromatic carboxylic acids is 1. The monoisotopic (exact) mass is 319 g/mol. The summed E-state index contributed by atoms with van der Waals surface area (Å²) in [7, 11) is 0. The molecule has 2 aromatic carbocycles. The molecule has 0 aliphatic carbocycles. The zero-order valence-electron chi connectivity index (χ0n) is 13.2. The molecule has 24 heavy (non-hydrogen) atoms. The van der Waals surface area contributed by atoms with Crippen LogP contribution in [0.15, 0.2) is 60.7 Å². The molecule has 1 aromatic heterocycles. The minimum absolute atomic E-state index is 0.230. The number of carbonyl (C=O) groups is 1. The van der Waals surface area contributed by atoms with Crippen molar-refractivity contribution >= 4 is 17.5 Å². The van der Waals surface area contributed by atoms with E-state index in [2.05, 4.69) is 15.3 Å². The summed E-state index contributed by atoms with van der Waals surface area (Å²) in [5.74, 6) is 0.414. The van der Waals surface area contributed by atoms with E-state index in [1.807, 2.05) is 49.4 Å². The van der Waals surface area contributed by atoms with E-state index in [9.17, 15) is 4.79 Å². The maximum absolute atomic E-state index is 11.1. The van der Waals surface area contributed by atoms with Crippen molar-refractivity contribution in [3.8, 4) is 11.3 Å². The number of carboxylic acids is 1. The predicted molar refractivity (Wildman–Crippen MR) is 93.5 cm³/mol. The first-order valence-electron chi connectivity index (χ1n) is 7.69.